The Kier molecular flexibility index (Phi) is 4.10. The third kappa shape index (κ3) is 3.08. The lowest BCUT2D eigenvalue weighted by molar-refractivity contribution is 0.394. The highest BCUT2D eigenvalue weighted by atomic mass is 16.5. The van der Waals surface area contributed by atoms with Crippen LogP contribution in [0.4, 0.5) is 0 Å². The Labute approximate surface area is 133 Å². The van der Waals surface area contributed by atoms with E-state index in [0.717, 1.165) is 11.3 Å². The molecule has 0 spiro atoms. The summed E-state index contributed by atoms with van der Waals surface area (Å²) in [5, 5.41) is 0.576. The zero-order valence-electron chi connectivity index (χ0n) is 12.9. The van der Waals surface area contributed by atoms with Crippen LogP contribution in [0.1, 0.15) is 11.4 Å². The van der Waals surface area contributed by atoms with Gasteiger partial charge in [0.15, 0.2) is 0 Å². The van der Waals surface area contributed by atoms with Crippen LogP contribution < -0.4 is 15.0 Å². The van der Waals surface area contributed by atoms with Gasteiger partial charge in [0.2, 0.25) is 0 Å². The molecule has 23 heavy (non-hydrogen) atoms. The molecule has 0 saturated carbocycles. The Morgan fingerprint density at radius 1 is 1.04 bits per heavy atom. The van der Waals surface area contributed by atoms with Crippen molar-refractivity contribution in [2.75, 3.05) is 14.2 Å². The van der Waals surface area contributed by atoms with E-state index in [4.69, 9.17) is 9.47 Å². The summed E-state index contributed by atoms with van der Waals surface area (Å²) < 4.78 is 10.5. The second-order valence-corrected chi connectivity index (χ2v) is 4.91. The molecule has 0 aliphatic carbocycles. The Balaban J connectivity index is 1.98. The van der Waals surface area contributed by atoms with Crippen LogP contribution in [-0.2, 0) is 0 Å². The number of methoxy groups -OCH3 is 2. The molecule has 116 valence electrons. The Morgan fingerprint density at radius 3 is 2.65 bits per heavy atom. The van der Waals surface area contributed by atoms with E-state index in [1.54, 1.807) is 32.4 Å². The van der Waals surface area contributed by atoms with E-state index in [2.05, 4.69) is 9.97 Å². The van der Waals surface area contributed by atoms with Gasteiger partial charge in [-0.3, -0.25) is 4.79 Å². The van der Waals surface area contributed by atoms with Gasteiger partial charge in [-0.25, -0.2) is 4.98 Å². The van der Waals surface area contributed by atoms with Crippen molar-refractivity contribution in [3.05, 3.63) is 64.2 Å². The molecule has 0 aliphatic rings. The van der Waals surface area contributed by atoms with Gasteiger partial charge < -0.3 is 14.5 Å². The van der Waals surface area contributed by atoms with Gasteiger partial charge in [-0.2, -0.15) is 0 Å². The predicted octanol–water partition coefficient (Wildman–Crippen LogP) is 3.11. The largest absolute Gasteiger partial charge is 0.497 e. The molecule has 0 aliphatic heterocycles. The van der Waals surface area contributed by atoms with Gasteiger partial charge in [-0.15, -0.1) is 0 Å². The minimum Gasteiger partial charge on any atom is -0.497 e. The summed E-state index contributed by atoms with van der Waals surface area (Å²) in [4.78, 5) is 19.2. The minimum absolute atomic E-state index is 0.156. The molecule has 3 rings (SSSR count). The fraction of sp³-hybridized carbons (Fsp3) is 0.111. The van der Waals surface area contributed by atoms with Gasteiger partial charge in [-0.1, -0.05) is 12.1 Å². The first kappa shape index (κ1) is 14.8. The second-order valence-electron chi connectivity index (χ2n) is 4.91. The van der Waals surface area contributed by atoms with Gasteiger partial charge in [0.25, 0.3) is 5.56 Å². The molecule has 0 saturated heterocycles. The van der Waals surface area contributed by atoms with Crippen LogP contribution in [-0.4, -0.2) is 24.2 Å². The minimum atomic E-state index is -0.156. The van der Waals surface area contributed by atoms with E-state index < -0.39 is 0 Å². The highest BCUT2D eigenvalue weighted by Gasteiger charge is 2.03. The van der Waals surface area contributed by atoms with Crippen molar-refractivity contribution in [2.45, 2.75) is 0 Å². The van der Waals surface area contributed by atoms with E-state index in [1.165, 1.54) is 0 Å². The second kappa shape index (κ2) is 6.36. The number of nitrogens with zero attached hydrogens (tertiary/aromatic N) is 1. The third-order valence-corrected chi connectivity index (χ3v) is 3.49. The summed E-state index contributed by atoms with van der Waals surface area (Å²) in [6.07, 6.45) is 3.59. The fourth-order valence-corrected chi connectivity index (χ4v) is 2.31. The van der Waals surface area contributed by atoms with Crippen molar-refractivity contribution in [1.82, 2.24) is 9.97 Å². The first-order valence-electron chi connectivity index (χ1n) is 7.10. The van der Waals surface area contributed by atoms with E-state index in [9.17, 15) is 4.79 Å². The molecular formula is C18H16N2O3. The molecule has 0 unspecified atom stereocenters. The molecule has 1 N–H and O–H groups in total. The molecule has 1 heterocycles. The Bertz CT molecular complexity index is 929. The molecule has 0 atom stereocenters. The highest BCUT2D eigenvalue weighted by molar-refractivity contribution is 5.79. The number of hydrogen-bond donors (Lipinski definition) is 1. The maximum atomic E-state index is 12.0. The molecule has 0 amide bonds. The number of aromatic nitrogens is 2. The van der Waals surface area contributed by atoms with Crippen molar-refractivity contribution < 1.29 is 9.47 Å². The van der Waals surface area contributed by atoms with Gasteiger partial charge in [0.1, 0.15) is 17.3 Å². The van der Waals surface area contributed by atoms with Crippen molar-refractivity contribution in [2.24, 2.45) is 0 Å². The zero-order valence-corrected chi connectivity index (χ0v) is 12.9. The third-order valence-electron chi connectivity index (χ3n) is 3.49. The summed E-state index contributed by atoms with van der Waals surface area (Å²) in [5.74, 6) is 1.89. The maximum absolute atomic E-state index is 12.0. The average Bonchev–Trinajstić information content (AvgIpc) is 2.60. The molecule has 3 aromatic rings. The average molecular weight is 308 g/mol. The van der Waals surface area contributed by atoms with Crippen molar-refractivity contribution >= 4 is 23.1 Å². The topological polar surface area (TPSA) is 64.2 Å². The lowest BCUT2D eigenvalue weighted by atomic mass is 10.1. The van der Waals surface area contributed by atoms with E-state index in [-0.39, 0.29) is 5.56 Å². The maximum Gasteiger partial charge on any atom is 0.259 e. The van der Waals surface area contributed by atoms with Crippen LogP contribution in [0.2, 0.25) is 0 Å². The molecule has 1 aromatic heterocycles. The van der Waals surface area contributed by atoms with Crippen molar-refractivity contribution in [3.8, 4) is 11.5 Å². The Hall–Kier alpha value is -3.08. The zero-order chi connectivity index (χ0) is 16.2. The van der Waals surface area contributed by atoms with E-state index >= 15 is 0 Å². The lowest BCUT2D eigenvalue weighted by Crippen LogP contribution is -2.09. The quantitative estimate of drug-likeness (QED) is 0.804. The van der Waals surface area contributed by atoms with Crippen LogP contribution in [0.25, 0.3) is 23.1 Å². The van der Waals surface area contributed by atoms with Gasteiger partial charge in [0.05, 0.1) is 25.1 Å². The standard InChI is InChI=1S/C18H16N2O3/c1-22-13-9-7-12(16(11-13)23-2)8-10-17-19-15-6-4-3-5-14(15)18(21)20-17/h3-11H,1-2H3,(H,19,20,21)/b10-8+. The molecule has 0 radical (unpaired) electrons. The SMILES string of the molecule is COc1ccc(/C=C/c2nc3ccccc3c(=O)[nH]2)c(OC)c1. The van der Waals surface area contributed by atoms with Crippen LogP contribution in [0, 0.1) is 0 Å². The Morgan fingerprint density at radius 2 is 1.87 bits per heavy atom. The van der Waals surface area contributed by atoms with Crippen LogP contribution in [0.15, 0.2) is 47.3 Å². The number of para-hydroxylation sites is 1. The summed E-state index contributed by atoms with van der Waals surface area (Å²) in [6, 6.07) is 12.8. The number of fused-ring (bicyclic) bond motifs is 1. The fourth-order valence-electron chi connectivity index (χ4n) is 2.31. The van der Waals surface area contributed by atoms with Crippen molar-refractivity contribution in [1.29, 1.82) is 0 Å². The van der Waals surface area contributed by atoms with Crippen LogP contribution >= 0.6 is 0 Å². The van der Waals surface area contributed by atoms with Crippen LogP contribution in [0.5, 0.6) is 11.5 Å². The number of rotatable bonds is 4. The van der Waals surface area contributed by atoms with Crippen LogP contribution in [0.3, 0.4) is 0 Å². The summed E-state index contributed by atoms with van der Waals surface area (Å²) in [5.41, 5.74) is 1.37. The highest BCUT2D eigenvalue weighted by Crippen LogP contribution is 2.26. The van der Waals surface area contributed by atoms with Crippen molar-refractivity contribution in [3.63, 3.8) is 0 Å². The smallest absolute Gasteiger partial charge is 0.259 e. The molecule has 5 heteroatoms. The number of hydrogen-bond acceptors (Lipinski definition) is 4. The summed E-state index contributed by atoms with van der Waals surface area (Å²) in [7, 11) is 3.20. The molecule has 0 fully saturated rings. The first-order valence-corrected chi connectivity index (χ1v) is 7.10. The molecule has 0 bridgehead atoms. The number of ether oxygens (including phenoxy) is 2. The number of H-pyrrole nitrogens is 1. The monoisotopic (exact) mass is 308 g/mol. The van der Waals surface area contributed by atoms with Gasteiger partial charge >= 0.3 is 0 Å². The van der Waals surface area contributed by atoms with E-state index in [1.807, 2.05) is 36.4 Å². The predicted molar refractivity (Wildman–Crippen MR) is 90.8 cm³/mol. The summed E-state index contributed by atoms with van der Waals surface area (Å²) in [6.45, 7) is 0. The molecular weight excluding hydrogens is 292 g/mol. The first-order chi connectivity index (χ1) is 11.2. The number of aromatic amines is 1. The normalized spacial score (nSPS) is 11.0. The van der Waals surface area contributed by atoms with E-state index in [0.29, 0.717) is 22.5 Å². The lowest BCUT2D eigenvalue weighted by Gasteiger charge is -2.07. The molecule has 2 aromatic carbocycles. The van der Waals surface area contributed by atoms with Gasteiger partial charge in [0, 0.05) is 11.6 Å². The van der Waals surface area contributed by atoms with Gasteiger partial charge in [-0.05, 0) is 36.4 Å². The molecule has 5 nitrogen and oxygen atoms in total. The number of benzene rings is 2. The number of nitrogens with one attached hydrogen (secondary N) is 1. The summed E-state index contributed by atoms with van der Waals surface area (Å²) >= 11 is 0.